The summed E-state index contributed by atoms with van der Waals surface area (Å²) < 4.78 is 25.2. The molecule has 3 aromatic carbocycles. The monoisotopic (exact) mass is 394 g/mol. The van der Waals surface area contributed by atoms with Crippen LogP contribution < -0.4 is 9.47 Å². The third-order valence-electron chi connectivity index (χ3n) is 4.46. The van der Waals surface area contributed by atoms with E-state index >= 15 is 0 Å². The minimum atomic E-state index is -0.427. The third-order valence-corrected chi connectivity index (χ3v) is 4.82. The first kappa shape index (κ1) is 18.3. The van der Waals surface area contributed by atoms with Crippen LogP contribution in [-0.2, 0) is 6.61 Å². The number of ketones is 1. The first-order chi connectivity index (χ1) is 13.5. The molecule has 0 aliphatic carbocycles. The van der Waals surface area contributed by atoms with Crippen LogP contribution in [-0.4, -0.2) is 5.78 Å². The fraction of sp³-hybridized carbons (Fsp3) is 0.0870. The van der Waals surface area contributed by atoms with E-state index in [2.05, 4.69) is 0 Å². The van der Waals surface area contributed by atoms with E-state index in [0.29, 0.717) is 22.1 Å². The Morgan fingerprint density at radius 1 is 1.11 bits per heavy atom. The fourth-order valence-corrected chi connectivity index (χ4v) is 3.11. The zero-order chi connectivity index (χ0) is 19.7. The van der Waals surface area contributed by atoms with Crippen molar-refractivity contribution in [3.8, 4) is 11.5 Å². The maximum absolute atomic E-state index is 13.9. The van der Waals surface area contributed by atoms with Crippen LogP contribution in [0.2, 0.25) is 5.02 Å². The van der Waals surface area contributed by atoms with Gasteiger partial charge in [-0.15, -0.1) is 0 Å². The predicted molar refractivity (Wildman–Crippen MR) is 106 cm³/mol. The Labute approximate surface area is 167 Å². The SMILES string of the molecule is Cc1ccc(/C=C2\Oc3cc(OCc4c(F)cccc4Cl)ccc3C2=O)cc1. The maximum Gasteiger partial charge on any atom is 0.231 e. The smallest absolute Gasteiger partial charge is 0.231 e. The minimum absolute atomic E-state index is 0.0235. The highest BCUT2D eigenvalue weighted by Gasteiger charge is 2.27. The van der Waals surface area contributed by atoms with Gasteiger partial charge in [-0.25, -0.2) is 4.39 Å². The molecule has 4 rings (SSSR count). The van der Waals surface area contributed by atoms with Gasteiger partial charge in [0.15, 0.2) is 5.76 Å². The summed E-state index contributed by atoms with van der Waals surface area (Å²) >= 11 is 6.02. The Hall–Kier alpha value is -3.11. The third kappa shape index (κ3) is 3.64. The predicted octanol–water partition coefficient (Wildman–Crippen LogP) is 5.98. The van der Waals surface area contributed by atoms with Crippen molar-refractivity contribution in [2.75, 3.05) is 0 Å². The van der Waals surface area contributed by atoms with Crippen molar-refractivity contribution in [2.45, 2.75) is 13.5 Å². The molecule has 0 fully saturated rings. The number of allylic oxidation sites excluding steroid dienone is 1. The number of carbonyl (C=O) groups is 1. The lowest BCUT2D eigenvalue weighted by Crippen LogP contribution is -1.99. The molecule has 3 nitrogen and oxygen atoms in total. The van der Waals surface area contributed by atoms with Crippen molar-refractivity contribution in [3.05, 3.63) is 99.5 Å². The number of hydrogen-bond donors (Lipinski definition) is 0. The number of rotatable bonds is 4. The van der Waals surface area contributed by atoms with Gasteiger partial charge in [-0.2, -0.15) is 0 Å². The summed E-state index contributed by atoms with van der Waals surface area (Å²) in [5.41, 5.74) is 2.77. The first-order valence-electron chi connectivity index (χ1n) is 8.72. The average molecular weight is 395 g/mol. The molecule has 0 amide bonds. The van der Waals surface area contributed by atoms with Crippen molar-refractivity contribution in [1.29, 1.82) is 0 Å². The molecule has 1 heterocycles. The highest BCUT2D eigenvalue weighted by molar-refractivity contribution is 6.31. The molecule has 0 bridgehead atoms. The molecule has 0 unspecified atom stereocenters. The number of carbonyl (C=O) groups excluding carboxylic acids is 1. The Morgan fingerprint density at radius 3 is 2.64 bits per heavy atom. The molecular formula is C23H16ClFO3. The molecule has 0 radical (unpaired) electrons. The number of ether oxygens (including phenoxy) is 2. The van der Waals surface area contributed by atoms with Crippen molar-refractivity contribution in [1.82, 2.24) is 0 Å². The quantitative estimate of drug-likeness (QED) is 0.510. The van der Waals surface area contributed by atoms with E-state index in [0.717, 1.165) is 11.1 Å². The summed E-state index contributed by atoms with van der Waals surface area (Å²) in [6.07, 6.45) is 1.71. The van der Waals surface area contributed by atoms with E-state index in [1.165, 1.54) is 12.1 Å². The van der Waals surface area contributed by atoms with Crippen LogP contribution in [0.15, 0.2) is 66.4 Å². The van der Waals surface area contributed by atoms with Crippen molar-refractivity contribution in [2.24, 2.45) is 0 Å². The number of aryl methyl sites for hydroxylation is 1. The normalized spacial score (nSPS) is 14.1. The summed E-state index contributed by atoms with van der Waals surface area (Å²) in [5.74, 6) is 0.527. The zero-order valence-corrected chi connectivity index (χ0v) is 15.8. The van der Waals surface area contributed by atoms with E-state index in [1.54, 1.807) is 30.3 Å². The molecule has 5 heteroatoms. The fourth-order valence-electron chi connectivity index (χ4n) is 2.90. The summed E-state index contributed by atoms with van der Waals surface area (Å²) in [4.78, 5) is 12.5. The molecule has 0 atom stereocenters. The van der Waals surface area contributed by atoms with Crippen LogP contribution in [0, 0.1) is 12.7 Å². The van der Waals surface area contributed by atoms with Crippen LogP contribution >= 0.6 is 11.6 Å². The Bertz CT molecular complexity index is 1070. The molecule has 0 aromatic heterocycles. The molecular weight excluding hydrogens is 379 g/mol. The average Bonchev–Trinajstić information content (AvgIpc) is 2.98. The number of halogens is 2. The molecule has 0 saturated carbocycles. The van der Waals surface area contributed by atoms with Crippen molar-refractivity contribution >= 4 is 23.5 Å². The standard InChI is InChI=1S/C23H16ClFO3/c1-14-5-7-15(8-6-14)11-22-23(26)17-10-9-16(12-21(17)28-22)27-13-18-19(24)3-2-4-20(18)25/h2-12H,13H2,1H3/b22-11-. The molecule has 28 heavy (non-hydrogen) atoms. The lowest BCUT2D eigenvalue weighted by Gasteiger charge is -2.09. The van der Waals surface area contributed by atoms with E-state index in [9.17, 15) is 9.18 Å². The molecule has 0 spiro atoms. The largest absolute Gasteiger partial charge is 0.489 e. The van der Waals surface area contributed by atoms with Crippen molar-refractivity contribution < 1.29 is 18.7 Å². The second-order valence-corrected chi connectivity index (χ2v) is 6.90. The highest BCUT2D eigenvalue weighted by atomic mass is 35.5. The van der Waals surface area contributed by atoms with Crippen LogP contribution in [0.3, 0.4) is 0 Å². The van der Waals surface area contributed by atoms with Gasteiger partial charge in [0.25, 0.3) is 0 Å². The van der Waals surface area contributed by atoms with Gasteiger partial charge in [0.05, 0.1) is 10.6 Å². The van der Waals surface area contributed by atoms with Crippen LogP contribution in [0.4, 0.5) is 4.39 Å². The van der Waals surface area contributed by atoms with Gasteiger partial charge in [-0.3, -0.25) is 4.79 Å². The molecule has 3 aromatic rings. The molecule has 140 valence electrons. The van der Waals surface area contributed by atoms with E-state index in [1.807, 2.05) is 31.2 Å². The Morgan fingerprint density at radius 2 is 1.89 bits per heavy atom. The van der Waals surface area contributed by atoms with Gasteiger partial charge in [0, 0.05) is 11.6 Å². The maximum atomic E-state index is 13.9. The van der Waals surface area contributed by atoms with Gasteiger partial charge in [-0.05, 0) is 42.8 Å². The number of hydrogen-bond acceptors (Lipinski definition) is 3. The Kier molecular flexibility index (Phi) is 4.88. The highest BCUT2D eigenvalue weighted by Crippen LogP contribution is 2.35. The second kappa shape index (κ2) is 7.49. The van der Waals surface area contributed by atoms with E-state index < -0.39 is 5.82 Å². The van der Waals surface area contributed by atoms with Crippen molar-refractivity contribution in [3.63, 3.8) is 0 Å². The lowest BCUT2D eigenvalue weighted by molar-refractivity contribution is 0.101. The minimum Gasteiger partial charge on any atom is -0.489 e. The van der Waals surface area contributed by atoms with Crippen LogP contribution in [0.1, 0.15) is 27.0 Å². The van der Waals surface area contributed by atoms with E-state index in [-0.39, 0.29) is 23.7 Å². The summed E-state index contributed by atoms with van der Waals surface area (Å²) in [7, 11) is 0. The van der Waals surface area contributed by atoms with Crippen LogP contribution in [0.25, 0.3) is 6.08 Å². The van der Waals surface area contributed by atoms with Gasteiger partial charge in [-0.1, -0.05) is 47.5 Å². The van der Waals surface area contributed by atoms with Crippen LogP contribution in [0.5, 0.6) is 11.5 Å². The summed E-state index contributed by atoms with van der Waals surface area (Å²) in [6.45, 7) is 1.98. The summed E-state index contributed by atoms with van der Waals surface area (Å²) in [6, 6.07) is 17.2. The Balaban J connectivity index is 1.53. The molecule has 1 aliphatic heterocycles. The zero-order valence-electron chi connectivity index (χ0n) is 15.0. The number of benzene rings is 3. The van der Waals surface area contributed by atoms with Gasteiger partial charge in [0.1, 0.15) is 23.9 Å². The molecule has 1 aliphatic rings. The van der Waals surface area contributed by atoms with Gasteiger partial charge < -0.3 is 9.47 Å². The summed E-state index contributed by atoms with van der Waals surface area (Å²) in [5, 5.41) is 0.302. The second-order valence-electron chi connectivity index (χ2n) is 6.50. The topological polar surface area (TPSA) is 35.5 Å². The molecule has 0 N–H and O–H groups in total. The lowest BCUT2D eigenvalue weighted by atomic mass is 10.1. The van der Waals surface area contributed by atoms with E-state index in [4.69, 9.17) is 21.1 Å². The number of Topliss-reactive ketones (excluding diaryl/α,β-unsaturated/α-hetero) is 1. The molecule has 0 saturated heterocycles. The van der Waals surface area contributed by atoms with Gasteiger partial charge >= 0.3 is 0 Å². The first-order valence-corrected chi connectivity index (χ1v) is 9.10. The number of fused-ring (bicyclic) bond motifs is 1. The van der Waals surface area contributed by atoms with Gasteiger partial charge in [0.2, 0.25) is 5.78 Å².